The molecule has 0 aromatic heterocycles. The van der Waals surface area contributed by atoms with Gasteiger partial charge in [0.1, 0.15) is 6.04 Å². The Kier molecular flexibility index (Phi) is 8.04. The van der Waals surface area contributed by atoms with E-state index >= 15 is 0 Å². The van der Waals surface area contributed by atoms with E-state index in [0.717, 1.165) is 23.1 Å². The Morgan fingerprint density at radius 1 is 1.22 bits per heavy atom. The van der Waals surface area contributed by atoms with Gasteiger partial charge in [0.25, 0.3) is 0 Å². The second-order valence-electron chi connectivity index (χ2n) is 7.40. The van der Waals surface area contributed by atoms with E-state index in [0.29, 0.717) is 23.9 Å². The largest absolute Gasteiger partial charge is 0.353 e. The topological polar surface area (TPSA) is 66.5 Å². The molecule has 1 saturated carbocycles. The van der Waals surface area contributed by atoms with Gasteiger partial charge in [-0.25, -0.2) is 8.42 Å². The Morgan fingerprint density at radius 2 is 1.81 bits per heavy atom. The third-order valence-corrected chi connectivity index (χ3v) is 7.41. The maximum Gasteiger partial charge on any atom is 0.243 e. The third-order valence-electron chi connectivity index (χ3n) is 4.85. The molecule has 0 heterocycles. The summed E-state index contributed by atoms with van der Waals surface area (Å²) in [6, 6.07) is 4.89. The second kappa shape index (κ2) is 9.82. The summed E-state index contributed by atoms with van der Waals surface area (Å²) >= 11 is 1.91. The molecule has 1 aromatic rings. The summed E-state index contributed by atoms with van der Waals surface area (Å²) in [5.41, 5.74) is 2.50. The molecule has 1 N–H and O–H groups in total. The lowest BCUT2D eigenvalue weighted by molar-refractivity contribution is -0.122. The first-order chi connectivity index (χ1) is 12.7. The predicted molar refractivity (Wildman–Crippen MR) is 115 cm³/mol. The van der Waals surface area contributed by atoms with Crippen LogP contribution in [0.25, 0.3) is 0 Å². The van der Waals surface area contributed by atoms with Gasteiger partial charge >= 0.3 is 0 Å². The zero-order valence-electron chi connectivity index (χ0n) is 16.8. The van der Waals surface area contributed by atoms with Crippen LogP contribution >= 0.6 is 11.8 Å². The maximum atomic E-state index is 12.8. The van der Waals surface area contributed by atoms with Gasteiger partial charge < -0.3 is 5.32 Å². The van der Waals surface area contributed by atoms with Crippen LogP contribution in [0.2, 0.25) is 0 Å². The highest BCUT2D eigenvalue weighted by Crippen LogP contribution is 2.29. The first kappa shape index (κ1) is 22.1. The van der Waals surface area contributed by atoms with Gasteiger partial charge in [-0.1, -0.05) is 25.8 Å². The number of rotatable bonds is 9. The number of thioether (sulfide) groups is 1. The van der Waals surface area contributed by atoms with Crippen LogP contribution in [0.5, 0.6) is 0 Å². The smallest absolute Gasteiger partial charge is 0.243 e. The first-order valence-corrected chi connectivity index (χ1v) is 12.6. The number of nitrogens with one attached hydrogen (secondary N) is 1. The van der Waals surface area contributed by atoms with E-state index in [4.69, 9.17) is 0 Å². The lowest BCUT2D eigenvalue weighted by Crippen LogP contribution is -2.49. The molecule has 1 aliphatic carbocycles. The zero-order chi connectivity index (χ0) is 20.0. The average molecular weight is 413 g/mol. The summed E-state index contributed by atoms with van der Waals surface area (Å²) in [5.74, 6) is 0.643. The predicted octanol–water partition coefficient (Wildman–Crippen LogP) is 3.64. The van der Waals surface area contributed by atoms with Crippen LogP contribution in [-0.2, 0) is 14.8 Å². The van der Waals surface area contributed by atoms with Gasteiger partial charge in [-0.2, -0.15) is 11.8 Å². The molecule has 0 spiro atoms. The summed E-state index contributed by atoms with van der Waals surface area (Å²) in [6.45, 7) is 6.27. The molecule has 5 nitrogen and oxygen atoms in total. The number of aryl methyl sites for hydroxylation is 2. The van der Waals surface area contributed by atoms with E-state index in [9.17, 15) is 13.2 Å². The number of anilines is 1. The van der Waals surface area contributed by atoms with Gasteiger partial charge in [0.15, 0.2) is 0 Å². The van der Waals surface area contributed by atoms with Crippen molar-refractivity contribution >= 4 is 33.4 Å². The van der Waals surface area contributed by atoms with Crippen molar-refractivity contribution in [3.05, 3.63) is 29.3 Å². The molecule has 0 radical (unpaired) electrons. The molecule has 27 heavy (non-hydrogen) atoms. The van der Waals surface area contributed by atoms with Crippen molar-refractivity contribution in [2.75, 3.05) is 22.9 Å². The SMILES string of the molecule is CCC(C(=O)NCCSC1CCCC1)N(c1cc(C)cc(C)c1)S(C)(=O)=O. The average Bonchev–Trinajstić information content (AvgIpc) is 3.07. The number of hydrogen-bond acceptors (Lipinski definition) is 4. The van der Waals surface area contributed by atoms with Crippen LogP contribution in [0.4, 0.5) is 5.69 Å². The van der Waals surface area contributed by atoms with Gasteiger partial charge in [-0.05, 0) is 56.4 Å². The molecule has 0 aliphatic heterocycles. The molecule has 1 aromatic carbocycles. The molecule has 7 heteroatoms. The van der Waals surface area contributed by atoms with Crippen LogP contribution in [-0.4, -0.2) is 44.2 Å². The number of benzene rings is 1. The fourth-order valence-corrected chi connectivity index (χ4v) is 6.13. The van der Waals surface area contributed by atoms with Crippen LogP contribution in [0.1, 0.15) is 50.2 Å². The van der Waals surface area contributed by atoms with Gasteiger partial charge in [0.2, 0.25) is 15.9 Å². The number of sulfonamides is 1. The quantitative estimate of drug-likeness (QED) is 0.629. The van der Waals surface area contributed by atoms with Crippen molar-refractivity contribution in [3.8, 4) is 0 Å². The third kappa shape index (κ3) is 6.42. The molecule has 1 amide bonds. The van der Waals surface area contributed by atoms with Gasteiger partial charge in [0.05, 0.1) is 11.9 Å². The van der Waals surface area contributed by atoms with Gasteiger partial charge in [-0.15, -0.1) is 0 Å². The zero-order valence-corrected chi connectivity index (χ0v) is 18.5. The Bertz CT molecular complexity index is 723. The van der Waals surface area contributed by atoms with Gasteiger partial charge in [-0.3, -0.25) is 9.10 Å². The fraction of sp³-hybridized carbons (Fsp3) is 0.650. The number of carbonyl (C=O) groups excluding carboxylic acids is 1. The summed E-state index contributed by atoms with van der Waals surface area (Å²) in [4.78, 5) is 12.8. The van der Waals surface area contributed by atoms with Crippen molar-refractivity contribution in [1.82, 2.24) is 5.32 Å². The van der Waals surface area contributed by atoms with E-state index in [1.54, 1.807) is 0 Å². The minimum atomic E-state index is -3.58. The molecular weight excluding hydrogens is 380 g/mol. The number of amides is 1. The second-order valence-corrected chi connectivity index (χ2v) is 10.7. The minimum absolute atomic E-state index is 0.228. The standard InChI is InChI=1S/C20H32N2O3S2/c1-5-19(20(23)21-10-11-26-18-8-6-7-9-18)22(27(4,24)25)17-13-15(2)12-16(3)14-17/h12-14,18-19H,5-11H2,1-4H3,(H,21,23). The van der Waals surface area contributed by atoms with E-state index in [1.807, 2.05) is 50.7 Å². The number of nitrogens with zero attached hydrogens (tertiary/aromatic N) is 1. The maximum absolute atomic E-state index is 12.8. The molecular formula is C20H32N2O3S2. The van der Waals surface area contributed by atoms with Crippen LogP contribution in [0, 0.1) is 13.8 Å². The van der Waals surface area contributed by atoms with Crippen molar-refractivity contribution in [2.45, 2.75) is 64.2 Å². The Labute approximate surface area is 168 Å². The molecule has 0 saturated heterocycles. The Morgan fingerprint density at radius 3 is 2.33 bits per heavy atom. The lowest BCUT2D eigenvalue weighted by Gasteiger charge is -2.30. The molecule has 152 valence electrons. The number of carbonyl (C=O) groups is 1. The Balaban J connectivity index is 2.08. The highest BCUT2D eigenvalue weighted by molar-refractivity contribution is 7.99. The van der Waals surface area contributed by atoms with E-state index in [-0.39, 0.29) is 5.91 Å². The van der Waals surface area contributed by atoms with Crippen molar-refractivity contribution in [2.24, 2.45) is 0 Å². The van der Waals surface area contributed by atoms with Crippen molar-refractivity contribution < 1.29 is 13.2 Å². The molecule has 2 rings (SSSR count). The summed E-state index contributed by atoms with van der Waals surface area (Å²) in [5, 5.41) is 3.66. The summed E-state index contributed by atoms with van der Waals surface area (Å²) < 4.78 is 26.3. The lowest BCUT2D eigenvalue weighted by atomic mass is 10.1. The molecule has 0 bridgehead atoms. The first-order valence-electron chi connectivity index (χ1n) is 9.69. The molecule has 1 fully saturated rings. The van der Waals surface area contributed by atoms with E-state index in [2.05, 4.69) is 5.32 Å². The highest BCUT2D eigenvalue weighted by Gasteiger charge is 2.31. The summed E-state index contributed by atoms with van der Waals surface area (Å²) in [7, 11) is -3.58. The molecule has 1 unspecified atom stereocenters. The fourth-order valence-electron chi connectivity index (χ4n) is 3.71. The van der Waals surface area contributed by atoms with Crippen LogP contribution in [0.3, 0.4) is 0 Å². The van der Waals surface area contributed by atoms with Crippen LogP contribution in [0.15, 0.2) is 18.2 Å². The molecule has 1 aliphatic rings. The van der Waals surface area contributed by atoms with Crippen LogP contribution < -0.4 is 9.62 Å². The number of hydrogen-bond donors (Lipinski definition) is 1. The van der Waals surface area contributed by atoms with E-state index < -0.39 is 16.1 Å². The summed E-state index contributed by atoms with van der Waals surface area (Å²) in [6.07, 6.45) is 6.73. The van der Waals surface area contributed by atoms with Crippen molar-refractivity contribution in [3.63, 3.8) is 0 Å². The minimum Gasteiger partial charge on any atom is -0.353 e. The highest BCUT2D eigenvalue weighted by atomic mass is 32.2. The van der Waals surface area contributed by atoms with E-state index in [1.165, 1.54) is 30.0 Å². The van der Waals surface area contributed by atoms with Crippen molar-refractivity contribution in [1.29, 1.82) is 0 Å². The normalized spacial score (nSPS) is 16.3. The monoisotopic (exact) mass is 412 g/mol. The van der Waals surface area contributed by atoms with Gasteiger partial charge in [0, 0.05) is 17.5 Å². The molecule has 1 atom stereocenters. The Hall–Kier alpha value is -1.21.